The average Bonchev–Trinajstić information content (AvgIpc) is 2.93. The summed E-state index contributed by atoms with van der Waals surface area (Å²) in [5, 5.41) is 3.21. The van der Waals surface area contributed by atoms with Gasteiger partial charge in [0.25, 0.3) is 0 Å². The molecule has 4 atom stereocenters. The Morgan fingerprint density at radius 1 is 0.974 bits per heavy atom. The van der Waals surface area contributed by atoms with Crippen LogP contribution in [-0.2, 0) is 16.0 Å². The van der Waals surface area contributed by atoms with Crippen LogP contribution in [0.2, 0.25) is 0 Å². The highest BCUT2D eigenvalue weighted by atomic mass is 16.2. The summed E-state index contributed by atoms with van der Waals surface area (Å²) in [7, 11) is 0. The zero-order valence-corrected chi connectivity index (χ0v) is 25.1. The highest BCUT2D eigenvalue weighted by molar-refractivity contribution is 6.00. The fourth-order valence-corrected chi connectivity index (χ4v) is 8.49. The summed E-state index contributed by atoms with van der Waals surface area (Å²) in [6.07, 6.45) is 12.3. The van der Waals surface area contributed by atoms with Crippen molar-refractivity contribution in [2.45, 2.75) is 110 Å². The number of carbonyl (C=O) groups excluding carboxylic acids is 2. The summed E-state index contributed by atoms with van der Waals surface area (Å²) in [6.45, 7) is 12.9. The van der Waals surface area contributed by atoms with E-state index in [1.165, 1.54) is 56.9 Å². The van der Waals surface area contributed by atoms with Gasteiger partial charge in [0.15, 0.2) is 0 Å². The Morgan fingerprint density at radius 3 is 2.36 bits per heavy atom. The third kappa shape index (κ3) is 5.94. The largest absolute Gasteiger partial charge is 0.342 e. The van der Waals surface area contributed by atoms with Gasteiger partial charge in [0.1, 0.15) is 11.6 Å². The first-order valence-corrected chi connectivity index (χ1v) is 16.1. The maximum atomic E-state index is 14.0. The maximum absolute atomic E-state index is 14.0. The van der Waals surface area contributed by atoms with Crippen molar-refractivity contribution in [3.05, 3.63) is 35.9 Å². The number of nitrogens with one attached hydrogen (secondary N) is 1. The van der Waals surface area contributed by atoms with Crippen LogP contribution in [0.25, 0.3) is 0 Å². The predicted molar refractivity (Wildman–Crippen MR) is 158 cm³/mol. The minimum atomic E-state index is -0.651. The van der Waals surface area contributed by atoms with E-state index in [9.17, 15) is 9.59 Å². The molecule has 3 saturated carbocycles. The van der Waals surface area contributed by atoms with Crippen molar-refractivity contribution in [2.24, 2.45) is 29.1 Å². The molecule has 1 aromatic carbocycles. The molecule has 1 spiro atoms. The molecule has 2 aliphatic heterocycles. The highest BCUT2D eigenvalue weighted by Crippen LogP contribution is 2.61. The van der Waals surface area contributed by atoms with E-state index in [0.29, 0.717) is 23.2 Å². The molecule has 5 aliphatic rings. The summed E-state index contributed by atoms with van der Waals surface area (Å²) in [5.74, 6) is 2.76. The molecule has 2 heterocycles. The summed E-state index contributed by atoms with van der Waals surface area (Å²) < 4.78 is 0. The standard InChI is InChI=1S/C34H53N3O2/c1-25(2)22-30-31(38)37(24-27-15-16-28-23-29(27)33(28,3)4)34(32(39)35-30)17-20-36(21-18-34)19-11-6-5-8-12-26-13-9-7-10-14-26/h7,9-10,13-14,25,27-30H,5-6,8,11-12,15-24H2,1-4H3,(H,35,39)/t27-,28+,29-,30+/m1/s1. The molecule has 2 bridgehead atoms. The van der Waals surface area contributed by atoms with Crippen molar-refractivity contribution in [3.63, 3.8) is 0 Å². The number of hydrogen-bond donors (Lipinski definition) is 1. The van der Waals surface area contributed by atoms with Crippen LogP contribution in [0.4, 0.5) is 0 Å². The van der Waals surface area contributed by atoms with Gasteiger partial charge < -0.3 is 15.1 Å². The Morgan fingerprint density at radius 2 is 1.69 bits per heavy atom. The maximum Gasteiger partial charge on any atom is 0.246 e. The monoisotopic (exact) mass is 535 g/mol. The lowest BCUT2D eigenvalue weighted by atomic mass is 9.45. The number of piperidine rings is 1. The van der Waals surface area contributed by atoms with E-state index >= 15 is 0 Å². The van der Waals surface area contributed by atoms with Crippen LogP contribution in [-0.4, -0.2) is 59.4 Å². The molecule has 216 valence electrons. The predicted octanol–water partition coefficient (Wildman–Crippen LogP) is 6.07. The summed E-state index contributed by atoms with van der Waals surface area (Å²) in [6, 6.07) is 10.4. The Balaban J connectivity index is 1.17. The van der Waals surface area contributed by atoms with Gasteiger partial charge >= 0.3 is 0 Å². The topological polar surface area (TPSA) is 52.7 Å². The van der Waals surface area contributed by atoms with Gasteiger partial charge in [0, 0.05) is 19.6 Å². The van der Waals surface area contributed by atoms with Gasteiger partial charge in [-0.2, -0.15) is 0 Å². The zero-order chi connectivity index (χ0) is 27.6. The fraction of sp³-hybridized carbons (Fsp3) is 0.765. The van der Waals surface area contributed by atoms with Crippen LogP contribution in [0.5, 0.6) is 0 Å². The molecule has 0 radical (unpaired) electrons. The molecule has 6 rings (SSSR count). The fourth-order valence-electron chi connectivity index (χ4n) is 8.49. The van der Waals surface area contributed by atoms with Gasteiger partial charge in [-0.05, 0) is 99.0 Å². The number of amides is 2. The lowest BCUT2D eigenvalue weighted by Crippen LogP contribution is -2.74. The van der Waals surface area contributed by atoms with E-state index in [4.69, 9.17) is 0 Å². The minimum Gasteiger partial charge on any atom is -0.342 e. The number of hydrogen-bond acceptors (Lipinski definition) is 3. The van der Waals surface area contributed by atoms with Crippen molar-refractivity contribution in [1.29, 1.82) is 0 Å². The average molecular weight is 536 g/mol. The molecule has 2 amide bonds. The van der Waals surface area contributed by atoms with Crippen LogP contribution in [0, 0.1) is 29.1 Å². The van der Waals surface area contributed by atoms with Crippen LogP contribution in [0.1, 0.15) is 97.5 Å². The number of aryl methyl sites for hydroxylation is 1. The van der Waals surface area contributed by atoms with Crippen molar-refractivity contribution in [3.8, 4) is 0 Å². The molecule has 39 heavy (non-hydrogen) atoms. The zero-order valence-electron chi connectivity index (χ0n) is 25.1. The summed E-state index contributed by atoms with van der Waals surface area (Å²) >= 11 is 0. The summed E-state index contributed by atoms with van der Waals surface area (Å²) in [5.41, 5.74) is 1.17. The van der Waals surface area contributed by atoms with E-state index in [2.05, 4.69) is 73.1 Å². The van der Waals surface area contributed by atoms with Crippen molar-refractivity contribution >= 4 is 11.8 Å². The second kappa shape index (κ2) is 11.9. The molecule has 1 N–H and O–H groups in total. The Labute approximate surface area is 237 Å². The van der Waals surface area contributed by atoms with Gasteiger partial charge in [-0.1, -0.05) is 70.9 Å². The van der Waals surface area contributed by atoms with E-state index < -0.39 is 5.54 Å². The number of unbranched alkanes of at least 4 members (excludes halogenated alkanes) is 3. The number of benzene rings is 1. The quantitative estimate of drug-likeness (QED) is 0.350. The number of nitrogens with zero attached hydrogens (tertiary/aromatic N) is 2. The van der Waals surface area contributed by atoms with Gasteiger partial charge in [-0.25, -0.2) is 0 Å². The van der Waals surface area contributed by atoms with Gasteiger partial charge in [-0.15, -0.1) is 0 Å². The first-order chi connectivity index (χ1) is 18.7. The Bertz CT molecular complexity index is 979. The lowest BCUT2D eigenvalue weighted by Gasteiger charge is -2.62. The minimum absolute atomic E-state index is 0.120. The SMILES string of the molecule is CC(C)C[C@@H]1NC(=O)C2(CCN(CCCCCCc3ccccc3)CC2)N(C[C@H]2CC[C@H]3C[C@H]2C3(C)C)C1=O. The Hall–Kier alpha value is -1.88. The first kappa shape index (κ1) is 28.6. The second-order valence-corrected chi connectivity index (χ2v) is 14.3. The molecule has 5 fully saturated rings. The molecule has 1 aromatic rings. The van der Waals surface area contributed by atoms with Crippen LogP contribution < -0.4 is 5.32 Å². The van der Waals surface area contributed by atoms with Crippen LogP contribution in [0.3, 0.4) is 0 Å². The number of rotatable bonds is 11. The highest BCUT2D eigenvalue weighted by Gasteiger charge is 2.58. The summed E-state index contributed by atoms with van der Waals surface area (Å²) in [4.78, 5) is 32.5. The van der Waals surface area contributed by atoms with Crippen LogP contribution >= 0.6 is 0 Å². The van der Waals surface area contributed by atoms with Gasteiger partial charge in [0.05, 0.1) is 0 Å². The molecular weight excluding hydrogens is 482 g/mol. The third-order valence-electron chi connectivity index (χ3n) is 11.2. The van der Waals surface area contributed by atoms with E-state index in [1.54, 1.807) is 0 Å². The van der Waals surface area contributed by atoms with Crippen molar-refractivity contribution < 1.29 is 9.59 Å². The van der Waals surface area contributed by atoms with Crippen LogP contribution in [0.15, 0.2) is 30.3 Å². The lowest BCUT2D eigenvalue weighted by molar-refractivity contribution is -0.168. The molecule has 5 nitrogen and oxygen atoms in total. The molecule has 5 heteroatoms. The number of piperazine rings is 1. The van der Waals surface area contributed by atoms with E-state index in [0.717, 1.165) is 51.4 Å². The molecule has 2 saturated heterocycles. The Kier molecular flexibility index (Phi) is 8.76. The molecular formula is C34H53N3O2. The number of likely N-dealkylation sites (tertiary alicyclic amines) is 1. The smallest absolute Gasteiger partial charge is 0.246 e. The molecule has 0 unspecified atom stereocenters. The molecule has 3 aliphatic carbocycles. The third-order valence-corrected chi connectivity index (χ3v) is 11.2. The first-order valence-electron chi connectivity index (χ1n) is 16.1. The second-order valence-electron chi connectivity index (χ2n) is 14.3. The molecule has 0 aromatic heterocycles. The van der Waals surface area contributed by atoms with Gasteiger partial charge in [0.2, 0.25) is 11.8 Å². The number of fused-ring (bicyclic) bond motifs is 2. The van der Waals surface area contributed by atoms with E-state index in [1.807, 2.05) is 0 Å². The normalized spacial score (nSPS) is 29.9. The van der Waals surface area contributed by atoms with E-state index in [-0.39, 0.29) is 17.9 Å². The van der Waals surface area contributed by atoms with Gasteiger partial charge in [-0.3, -0.25) is 9.59 Å². The van der Waals surface area contributed by atoms with Crippen molar-refractivity contribution in [1.82, 2.24) is 15.1 Å². The number of carbonyl (C=O) groups is 2. The van der Waals surface area contributed by atoms with Crippen molar-refractivity contribution in [2.75, 3.05) is 26.2 Å².